The monoisotopic (exact) mass is 264 g/mol. The molecule has 1 heterocycles. The van der Waals surface area contributed by atoms with Gasteiger partial charge in [-0.05, 0) is 12.1 Å². The van der Waals surface area contributed by atoms with E-state index in [0.29, 0.717) is 19.1 Å². The molecule has 0 aliphatic carbocycles. The molecule has 1 amide bonds. The number of aromatic nitrogens is 2. The zero-order chi connectivity index (χ0) is 13.8. The average molecular weight is 264 g/mol. The third-order valence-electron chi connectivity index (χ3n) is 2.69. The first-order valence-electron chi connectivity index (χ1n) is 5.77. The van der Waals surface area contributed by atoms with Crippen molar-refractivity contribution in [2.75, 3.05) is 26.1 Å². The molecule has 0 atom stereocenters. The fraction of sp³-hybridized carbons (Fsp3) is 0.333. The number of hydrogen-bond acceptors (Lipinski definition) is 5. The summed E-state index contributed by atoms with van der Waals surface area (Å²) in [5, 5.41) is 0. The Labute approximate surface area is 110 Å². The Kier molecular flexibility index (Phi) is 3.86. The van der Waals surface area contributed by atoms with Gasteiger partial charge in [-0.1, -0.05) is 0 Å². The topological polar surface area (TPSA) is 105 Å². The molecule has 0 bridgehead atoms. The molecule has 0 radical (unpaired) electrons. The molecule has 0 spiro atoms. The van der Waals surface area contributed by atoms with Crippen molar-refractivity contribution in [3.63, 3.8) is 0 Å². The summed E-state index contributed by atoms with van der Waals surface area (Å²) < 4.78 is 12.1. The minimum Gasteiger partial charge on any atom is -0.497 e. The fourth-order valence-corrected chi connectivity index (χ4v) is 1.82. The minimum absolute atomic E-state index is 0.0969. The largest absolute Gasteiger partial charge is 0.497 e. The maximum Gasteiger partial charge on any atom is 0.243 e. The summed E-state index contributed by atoms with van der Waals surface area (Å²) >= 11 is 0. The highest BCUT2D eigenvalue weighted by molar-refractivity contribution is 5.79. The Hall–Kier alpha value is -2.28. The number of imidazole rings is 1. The van der Waals surface area contributed by atoms with Gasteiger partial charge in [0.05, 0.1) is 24.8 Å². The van der Waals surface area contributed by atoms with Gasteiger partial charge in [-0.15, -0.1) is 0 Å². The van der Waals surface area contributed by atoms with Gasteiger partial charge in [-0.25, -0.2) is 4.98 Å². The highest BCUT2D eigenvalue weighted by Gasteiger charge is 2.09. The maximum absolute atomic E-state index is 10.5. The number of nitrogens with two attached hydrogens (primary N) is 2. The molecule has 0 fully saturated rings. The summed E-state index contributed by atoms with van der Waals surface area (Å²) in [5.74, 6) is 0.626. The average Bonchev–Trinajstić information content (AvgIpc) is 2.69. The second-order valence-corrected chi connectivity index (χ2v) is 4.00. The second kappa shape index (κ2) is 5.57. The van der Waals surface area contributed by atoms with Crippen LogP contribution in [-0.2, 0) is 16.1 Å². The van der Waals surface area contributed by atoms with Gasteiger partial charge in [0.2, 0.25) is 11.9 Å². The summed E-state index contributed by atoms with van der Waals surface area (Å²) in [6.07, 6.45) is 0. The Balaban J connectivity index is 2.14. The van der Waals surface area contributed by atoms with Gasteiger partial charge in [-0.2, -0.15) is 0 Å². The highest BCUT2D eigenvalue weighted by atomic mass is 16.5. The molecule has 0 saturated carbocycles. The first-order chi connectivity index (χ1) is 9.11. The predicted molar refractivity (Wildman–Crippen MR) is 70.7 cm³/mol. The second-order valence-electron chi connectivity index (χ2n) is 4.00. The van der Waals surface area contributed by atoms with Crippen LogP contribution in [0.1, 0.15) is 0 Å². The molecule has 19 heavy (non-hydrogen) atoms. The number of methoxy groups -OCH3 is 1. The molecule has 0 aliphatic heterocycles. The third-order valence-corrected chi connectivity index (χ3v) is 2.69. The van der Waals surface area contributed by atoms with Crippen LogP contribution in [-0.4, -0.2) is 35.8 Å². The number of carbonyl (C=O) groups is 1. The van der Waals surface area contributed by atoms with Crippen molar-refractivity contribution in [1.29, 1.82) is 0 Å². The van der Waals surface area contributed by atoms with E-state index in [0.717, 1.165) is 16.8 Å². The number of hydrogen-bond donors (Lipinski definition) is 2. The molecule has 4 N–H and O–H groups in total. The van der Waals surface area contributed by atoms with Crippen molar-refractivity contribution in [3.8, 4) is 5.75 Å². The van der Waals surface area contributed by atoms with Gasteiger partial charge < -0.3 is 25.5 Å². The van der Waals surface area contributed by atoms with E-state index < -0.39 is 5.91 Å². The van der Waals surface area contributed by atoms with Crippen molar-refractivity contribution in [3.05, 3.63) is 18.2 Å². The molecule has 2 aromatic rings. The summed E-state index contributed by atoms with van der Waals surface area (Å²) in [7, 11) is 1.60. The number of benzene rings is 1. The molecule has 0 saturated heterocycles. The molecule has 102 valence electrons. The number of fused-ring (bicyclic) bond motifs is 1. The van der Waals surface area contributed by atoms with E-state index in [1.54, 1.807) is 7.11 Å². The minimum atomic E-state index is -0.492. The van der Waals surface area contributed by atoms with Crippen LogP contribution in [0.2, 0.25) is 0 Å². The van der Waals surface area contributed by atoms with Crippen molar-refractivity contribution in [1.82, 2.24) is 9.55 Å². The van der Waals surface area contributed by atoms with Crippen LogP contribution in [0.4, 0.5) is 5.95 Å². The summed E-state index contributed by atoms with van der Waals surface area (Å²) in [5.41, 5.74) is 12.5. The first kappa shape index (κ1) is 13.2. The molecule has 0 aliphatic rings. The third kappa shape index (κ3) is 2.94. The Morgan fingerprint density at radius 2 is 2.26 bits per heavy atom. The standard InChI is InChI=1S/C12H16N4O3/c1-18-8-2-3-10-9(6-8)15-12(14)16(10)4-5-19-7-11(13)17/h2-3,6H,4-5,7H2,1H3,(H2,13,17)(H2,14,15). The highest BCUT2D eigenvalue weighted by Crippen LogP contribution is 2.22. The number of nitrogen functional groups attached to an aromatic ring is 1. The lowest BCUT2D eigenvalue weighted by Crippen LogP contribution is -2.20. The van der Waals surface area contributed by atoms with Gasteiger partial charge >= 0.3 is 0 Å². The number of primary amides is 1. The molecule has 7 heteroatoms. The van der Waals surface area contributed by atoms with Gasteiger partial charge in [0.1, 0.15) is 12.4 Å². The number of ether oxygens (including phenoxy) is 2. The van der Waals surface area contributed by atoms with Crippen LogP contribution in [0.5, 0.6) is 5.75 Å². The van der Waals surface area contributed by atoms with Gasteiger partial charge in [-0.3, -0.25) is 4.79 Å². The van der Waals surface area contributed by atoms with Crippen molar-refractivity contribution in [2.45, 2.75) is 6.54 Å². The van der Waals surface area contributed by atoms with Crippen molar-refractivity contribution in [2.24, 2.45) is 5.73 Å². The van der Waals surface area contributed by atoms with Crippen LogP contribution < -0.4 is 16.2 Å². The summed E-state index contributed by atoms with van der Waals surface area (Å²) in [4.78, 5) is 14.8. The Bertz CT molecular complexity index is 594. The smallest absolute Gasteiger partial charge is 0.243 e. The quantitative estimate of drug-likeness (QED) is 0.721. The lowest BCUT2D eigenvalue weighted by atomic mass is 10.3. The first-order valence-corrected chi connectivity index (χ1v) is 5.77. The molecule has 1 aromatic heterocycles. The van der Waals surface area contributed by atoms with E-state index in [-0.39, 0.29) is 6.61 Å². The molecule has 0 unspecified atom stereocenters. The van der Waals surface area contributed by atoms with Gasteiger partial charge in [0, 0.05) is 12.6 Å². The SMILES string of the molecule is COc1ccc2c(c1)nc(N)n2CCOCC(N)=O. The predicted octanol–water partition coefficient (Wildman–Crippen LogP) is 0.129. The summed E-state index contributed by atoms with van der Waals surface area (Å²) in [6.45, 7) is 0.743. The van der Waals surface area contributed by atoms with Crippen LogP contribution in [0, 0.1) is 0 Å². The van der Waals surface area contributed by atoms with Crippen LogP contribution in [0.15, 0.2) is 18.2 Å². The Morgan fingerprint density at radius 1 is 1.47 bits per heavy atom. The number of anilines is 1. The zero-order valence-corrected chi connectivity index (χ0v) is 10.6. The number of rotatable bonds is 6. The van der Waals surface area contributed by atoms with E-state index >= 15 is 0 Å². The van der Waals surface area contributed by atoms with Crippen molar-refractivity contribution >= 4 is 22.9 Å². The summed E-state index contributed by atoms with van der Waals surface area (Å²) in [6, 6.07) is 5.53. The van der Waals surface area contributed by atoms with Crippen molar-refractivity contribution < 1.29 is 14.3 Å². The van der Waals surface area contributed by atoms with E-state index in [9.17, 15) is 4.79 Å². The lowest BCUT2D eigenvalue weighted by molar-refractivity contribution is -0.122. The van der Waals surface area contributed by atoms with E-state index in [2.05, 4.69) is 4.98 Å². The number of carbonyl (C=O) groups excluding carboxylic acids is 1. The van der Waals surface area contributed by atoms with Gasteiger partial charge in [0.15, 0.2) is 0 Å². The van der Waals surface area contributed by atoms with Crippen LogP contribution in [0.3, 0.4) is 0 Å². The maximum atomic E-state index is 10.5. The zero-order valence-electron chi connectivity index (χ0n) is 10.6. The van der Waals surface area contributed by atoms with E-state index in [1.165, 1.54) is 0 Å². The molecule has 1 aromatic carbocycles. The normalized spacial score (nSPS) is 10.8. The fourth-order valence-electron chi connectivity index (χ4n) is 1.82. The molecular formula is C12H16N4O3. The lowest BCUT2D eigenvalue weighted by Gasteiger charge is -2.06. The van der Waals surface area contributed by atoms with Crippen LogP contribution in [0.25, 0.3) is 11.0 Å². The van der Waals surface area contributed by atoms with Crippen LogP contribution >= 0.6 is 0 Å². The molecular weight excluding hydrogens is 248 g/mol. The van der Waals surface area contributed by atoms with E-state index in [1.807, 2.05) is 22.8 Å². The number of nitrogens with zero attached hydrogens (tertiary/aromatic N) is 2. The Morgan fingerprint density at radius 3 is 2.95 bits per heavy atom. The van der Waals surface area contributed by atoms with E-state index in [4.69, 9.17) is 20.9 Å². The molecule has 7 nitrogen and oxygen atoms in total. The van der Waals surface area contributed by atoms with Gasteiger partial charge in [0.25, 0.3) is 0 Å². The molecule has 2 rings (SSSR count). The number of amides is 1.